The average molecular weight is 460 g/mol. The van der Waals surface area contributed by atoms with Crippen molar-refractivity contribution < 1.29 is 14.6 Å². The zero-order chi connectivity index (χ0) is 23.4. The lowest BCUT2D eigenvalue weighted by atomic mass is 10.00. The largest absolute Gasteiger partial charge is 0.492 e. The molecule has 4 aromatic carbocycles. The number of benzene rings is 4. The van der Waals surface area contributed by atoms with Crippen LogP contribution in [0.3, 0.4) is 0 Å². The van der Waals surface area contributed by atoms with Gasteiger partial charge >= 0.3 is 5.97 Å². The van der Waals surface area contributed by atoms with Crippen molar-refractivity contribution in [1.29, 1.82) is 0 Å². The van der Waals surface area contributed by atoms with Crippen LogP contribution in [0.4, 0.5) is 0 Å². The molecule has 0 amide bonds. The molecule has 0 saturated carbocycles. The maximum atomic E-state index is 11.7. The second-order valence-electron chi connectivity index (χ2n) is 8.11. The maximum absolute atomic E-state index is 11.7. The first-order valence-corrected chi connectivity index (χ1v) is 11.3. The van der Waals surface area contributed by atoms with Gasteiger partial charge in [-0.3, -0.25) is 0 Å². The van der Waals surface area contributed by atoms with Crippen molar-refractivity contribution >= 4 is 28.3 Å². The molecule has 0 aromatic heterocycles. The summed E-state index contributed by atoms with van der Waals surface area (Å²) in [5.41, 5.74) is 4.03. The van der Waals surface area contributed by atoms with Gasteiger partial charge in [0.15, 0.2) is 0 Å². The number of rotatable bonds is 8. The predicted molar refractivity (Wildman–Crippen MR) is 134 cm³/mol. The van der Waals surface area contributed by atoms with Gasteiger partial charge in [0.1, 0.15) is 12.4 Å². The van der Waals surface area contributed by atoms with Crippen molar-refractivity contribution in [3.05, 3.63) is 101 Å². The molecule has 1 atom stereocenters. The lowest BCUT2D eigenvalue weighted by molar-refractivity contribution is 0.0696. The van der Waals surface area contributed by atoms with Gasteiger partial charge < -0.3 is 15.2 Å². The van der Waals surface area contributed by atoms with Crippen molar-refractivity contribution in [2.75, 3.05) is 13.2 Å². The Kier molecular flexibility index (Phi) is 6.97. The molecule has 4 nitrogen and oxygen atoms in total. The van der Waals surface area contributed by atoms with Gasteiger partial charge in [-0.15, -0.1) is 0 Å². The molecule has 4 rings (SSSR count). The van der Waals surface area contributed by atoms with Crippen molar-refractivity contribution in [2.45, 2.75) is 19.9 Å². The summed E-state index contributed by atoms with van der Waals surface area (Å²) in [6.07, 6.45) is 0. The smallest absolute Gasteiger partial charge is 0.335 e. The van der Waals surface area contributed by atoms with Crippen LogP contribution in [0, 0.1) is 6.92 Å². The van der Waals surface area contributed by atoms with E-state index >= 15 is 0 Å². The van der Waals surface area contributed by atoms with Gasteiger partial charge in [-0.2, -0.15) is 0 Å². The number of ether oxygens (including phenoxy) is 1. The Morgan fingerprint density at radius 3 is 2.58 bits per heavy atom. The molecule has 0 aliphatic heterocycles. The molecule has 0 bridgehead atoms. The summed E-state index contributed by atoms with van der Waals surface area (Å²) in [4.78, 5) is 11.7. The molecular formula is C28H26ClNO3. The third-order valence-electron chi connectivity index (χ3n) is 5.76. The van der Waals surface area contributed by atoms with Crippen LogP contribution in [-0.2, 0) is 0 Å². The molecule has 168 valence electrons. The van der Waals surface area contributed by atoms with E-state index in [1.165, 1.54) is 16.3 Å². The molecule has 33 heavy (non-hydrogen) atoms. The topological polar surface area (TPSA) is 58.6 Å². The Bertz CT molecular complexity index is 1300. The Morgan fingerprint density at radius 2 is 1.79 bits per heavy atom. The minimum absolute atomic E-state index is 0.151. The highest BCUT2D eigenvalue weighted by Gasteiger charge is 2.12. The Balaban J connectivity index is 1.45. The van der Waals surface area contributed by atoms with Crippen molar-refractivity contribution in [3.8, 4) is 16.9 Å². The number of halogens is 1. The highest BCUT2D eigenvalue weighted by Crippen LogP contribution is 2.29. The number of carbonyl (C=O) groups is 1. The Morgan fingerprint density at radius 1 is 1.00 bits per heavy atom. The van der Waals surface area contributed by atoms with Crippen molar-refractivity contribution in [3.63, 3.8) is 0 Å². The molecule has 5 heteroatoms. The maximum Gasteiger partial charge on any atom is 0.335 e. The van der Waals surface area contributed by atoms with E-state index in [-0.39, 0.29) is 11.6 Å². The molecule has 0 fully saturated rings. The van der Waals surface area contributed by atoms with Crippen molar-refractivity contribution in [1.82, 2.24) is 5.32 Å². The minimum Gasteiger partial charge on any atom is -0.492 e. The summed E-state index contributed by atoms with van der Waals surface area (Å²) < 4.78 is 5.93. The van der Waals surface area contributed by atoms with Gasteiger partial charge in [-0.05, 0) is 77.2 Å². The number of aryl methyl sites for hydroxylation is 1. The van der Waals surface area contributed by atoms with E-state index in [2.05, 4.69) is 48.6 Å². The summed E-state index contributed by atoms with van der Waals surface area (Å²) in [6.45, 7) is 5.09. The summed E-state index contributed by atoms with van der Waals surface area (Å²) in [7, 11) is 0. The lowest BCUT2D eigenvalue weighted by Crippen LogP contribution is -2.24. The van der Waals surface area contributed by atoms with Crippen LogP contribution >= 0.6 is 11.6 Å². The first-order valence-electron chi connectivity index (χ1n) is 10.9. The second-order valence-corrected chi connectivity index (χ2v) is 8.52. The number of nitrogens with one attached hydrogen (secondary N) is 1. The predicted octanol–water partition coefficient (Wildman–Crippen LogP) is 6.90. The minimum atomic E-state index is -0.991. The molecule has 4 aromatic rings. The van der Waals surface area contributed by atoms with Crippen LogP contribution in [0.2, 0.25) is 5.02 Å². The number of hydrogen-bond donors (Lipinski definition) is 2. The quantitative estimate of drug-likeness (QED) is 0.281. The summed E-state index contributed by atoms with van der Waals surface area (Å²) >= 11 is 6.14. The highest BCUT2D eigenvalue weighted by atomic mass is 35.5. The highest BCUT2D eigenvalue weighted by molar-refractivity contribution is 6.31. The molecule has 0 aliphatic carbocycles. The van der Waals surface area contributed by atoms with Crippen LogP contribution in [0.25, 0.3) is 21.9 Å². The average Bonchev–Trinajstić information content (AvgIpc) is 2.82. The SMILES string of the molecule is Cc1cc(-c2cc(OCCN[C@H](C)c3cccc4ccccc34)cc(C(=O)O)c2)ccc1Cl. The number of carboxylic acid groups (broad SMARTS) is 1. The third kappa shape index (κ3) is 5.36. The molecule has 0 heterocycles. The van der Waals surface area contributed by atoms with E-state index in [4.69, 9.17) is 16.3 Å². The third-order valence-corrected chi connectivity index (χ3v) is 6.18. The molecular weight excluding hydrogens is 434 g/mol. The first-order chi connectivity index (χ1) is 15.9. The molecule has 0 unspecified atom stereocenters. The van der Waals surface area contributed by atoms with E-state index in [1.54, 1.807) is 12.1 Å². The van der Waals surface area contributed by atoms with Gasteiger partial charge in [0.05, 0.1) is 5.56 Å². The first kappa shape index (κ1) is 22.8. The zero-order valence-corrected chi connectivity index (χ0v) is 19.4. The number of fused-ring (bicyclic) bond motifs is 1. The number of carboxylic acids is 1. The molecule has 2 N–H and O–H groups in total. The molecule has 0 spiro atoms. The van der Waals surface area contributed by atoms with E-state index in [1.807, 2.05) is 37.3 Å². The normalized spacial score (nSPS) is 12.0. The Labute approximate surface area is 198 Å². The van der Waals surface area contributed by atoms with Gasteiger partial charge in [0, 0.05) is 17.6 Å². The second kappa shape index (κ2) is 10.1. The number of hydrogen-bond acceptors (Lipinski definition) is 3. The van der Waals surface area contributed by atoms with E-state index in [0.29, 0.717) is 23.9 Å². The van der Waals surface area contributed by atoms with Gasteiger partial charge in [-0.25, -0.2) is 4.79 Å². The zero-order valence-electron chi connectivity index (χ0n) is 18.6. The Hall–Kier alpha value is -3.34. The van der Waals surface area contributed by atoms with Gasteiger partial charge in [-0.1, -0.05) is 60.1 Å². The molecule has 0 saturated heterocycles. The fourth-order valence-electron chi connectivity index (χ4n) is 3.98. The van der Waals surface area contributed by atoms with Crippen LogP contribution in [0.1, 0.15) is 34.5 Å². The summed E-state index contributed by atoms with van der Waals surface area (Å²) in [5, 5.41) is 16.2. The van der Waals surface area contributed by atoms with E-state index in [0.717, 1.165) is 16.7 Å². The van der Waals surface area contributed by atoms with Crippen LogP contribution in [0.5, 0.6) is 5.75 Å². The summed E-state index contributed by atoms with van der Waals surface area (Å²) in [6, 6.07) is 25.5. The summed E-state index contributed by atoms with van der Waals surface area (Å²) in [5.74, 6) is -0.466. The van der Waals surface area contributed by atoms with Gasteiger partial charge in [0.25, 0.3) is 0 Å². The number of aromatic carboxylic acids is 1. The lowest BCUT2D eigenvalue weighted by Gasteiger charge is -2.17. The fourth-order valence-corrected chi connectivity index (χ4v) is 4.10. The molecule has 0 radical (unpaired) electrons. The fraction of sp³-hybridized carbons (Fsp3) is 0.179. The van der Waals surface area contributed by atoms with Crippen LogP contribution in [-0.4, -0.2) is 24.2 Å². The van der Waals surface area contributed by atoms with Crippen LogP contribution < -0.4 is 10.1 Å². The van der Waals surface area contributed by atoms with E-state index < -0.39 is 5.97 Å². The standard InChI is InChI=1S/C28H26ClNO3/c1-18-14-21(10-11-27(18)29)22-15-23(28(31)32)17-24(16-22)33-13-12-30-19(2)25-9-5-7-20-6-3-4-8-26(20)25/h3-11,14-17,19,30H,12-13H2,1-2H3,(H,31,32)/t19-/m1/s1. The van der Waals surface area contributed by atoms with Crippen LogP contribution in [0.15, 0.2) is 78.9 Å². The van der Waals surface area contributed by atoms with E-state index in [9.17, 15) is 9.90 Å². The van der Waals surface area contributed by atoms with Gasteiger partial charge in [0.2, 0.25) is 0 Å². The molecule has 0 aliphatic rings. The van der Waals surface area contributed by atoms with Crippen molar-refractivity contribution in [2.24, 2.45) is 0 Å². The monoisotopic (exact) mass is 459 g/mol.